The van der Waals surface area contributed by atoms with E-state index in [1.807, 2.05) is 6.92 Å². The lowest BCUT2D eigenvalue weighted by Crippen LogP contribution is -2.53. The molecule has 102 valence electrons. The first-order valence-corrected chi connectivity index (χ1v) is 7.80. The van der Waals surface area contributed by atoms with Crippen molar-refractivity contribution in [2.45, 2.75) is 59.4 Å². The lowest BCUT2D eigenvalue weighted by Gasteiger charge is -2.50. The van der Waals surface area contributed by atoms with Crippen LogP contribution in [0.5, 0.6) is 0 Å². The van der Waals surface area contributed by atoms with Gasteiger partial charge >= 0.3 is 0 Å². The van der Waals surface area contributed by atoms with E-state index in [1.54, 1.807) is 0 Å². The quantitative estimate of drug-likeness (QED) is 0.795. The highest BCUT2D eigenvalue weighted by Gasteiger charge is 2.45. The predicted octanol–water partition coefficient (Wildman–Crippen LogP) is 2.46. The van der Waals surface area contributed by atoms with Crippen LogP contribution in [0, 0.1) is 10.8 Å². The van der Waals surface area contributed by atoms with Crippen molar-refractivity contribution in [1.29, 1.82) is 0 Å². The average Bonchev–Trinajstić information content (AvgIpc) is 1.92. The Kier molecular flexibility index (Phi) is 3.70. The molecule has 17 heavy (non-hydrogen) atoms. The van der Waals surface area contributed by atoms with Gasteiger partial charge in [0.05, 0.1) is 6.26 Å². The van der Waals surface area contributed by atoms with Crippen LogP contribution >= 0.6 is 0 Å². The summed E-state index contributed by atoms with van der Waals surface area (Å²) in [7, 11) is -3.45. The summed E-state index contributed by atoms with van der Waals surface area (Å²) in [6, 6.07) is 0. The second-order valence-electron chi connectivity index (χ2n) is 7.31. The zero-order chi connectivity index (χ0) is 13.5. The van der Waals surface area contributed by atoms with E-state index in [1.165, 1.54) is 0 Å². The fourth-order valence-electron chi connectivity index (χ4n) is 3.84. The fourth-order valence-corrected chi connectivity index (χ4v) is 4.20. The van der Waals surface area contributed by atoms with Crippen LogP contribution in [0.15, 0.2) is 0 Å². The Balaban J connectivity index is 2.81. The molecule has 1 rings (SSSR count). The molecule has 1 aliphatic rings. The van der Waals surface area contributed by atoms with Gasteiger partial charge in [-0.25, -0.2) is 0 Å². The molecule has 0 aromatic heterocycles. The molecule has 0 bridgehead atoms. The fraction of sp³-hybridized carbons (Fsp3) is 1.00. The van der Waals surface area contributed by atoms with E-state index in [-0.39, 0.29) is 16.4 Å². The van der Waals surface area contributed by atoms with Crippen LogP contribution in [0.1, 0.15) is 53.9 Å². The molecule has 5 heteroatoms. The number of hydroxylamine groups is 1. The molecule has 0 saturated heterocycles. The van der Waals surface area contributed by atoms with Crippen molar-refractivity contribution >= 4 is 10.1 Å². The van der Waals surface area contributed by atoms with Crippen LogP contribution in [0.25, 0.3) is 0 Å². The van der Waals surface area contributed by atoms with Crippen molar-refractivity contribution < 1.29 is 12.7 Å². The Morgan fingerprint density at radius 2 is 1.35 bits per heavy atom. The molecule has 0 amide bonds. The third kappa shape index (κ3) is 4.94. The van der Waals surface area contributed by atoms with Crippen molar-refractivity contribution in [1.82, 2.24) is 5.48 Å². The van der Waals surface area contributed by atoms with Gasteiger partial charge in [-0.15, -0.1) is 0 Å². The summed E-state index contributed by atoms with van der Waals surface area (Å²) in [6.45, 7) is 10.9. The normalized spacial score (nSPS) is 26.7. The van der Waals surface area contributed by atoms with Gasteiger partial charge in [0.15, 0.2) is 0 Å². The summed E-state index contributed by atoms with van der Waals surface area (Å²) in [5.41, 5.74) is 2.83. The number of rotatable bonds is 3. The third-order valence-corrected chi connectivity index (χ3v) is 3.52. The molecule has 1 fully saturated rings. The van der Waals surface area contributed by atoms with E-state index in [2.05, 4.69) is 33.2 Å². The summed E-state index contributed by atoms with van der Waals surface area (Å²) in [5.74, 6) is 0. The van der Waals surface area contributed by atoms with Gasteiger partial charge in [0.2, 0.25) is 0 Å². The average molecular weight is 263 g/mol. The molecule has 0 atom stereocenters. The lowest BCUT2D eigenvalue weighted by atomic mass is 9.59. The van der Waals surface area contributed by atoms with Crippen LogP contribution in [0.4, 0.5) is 0 Å². The highest BCUT2D eigenvalue weighted by Crippen LogP contribution is 2.49. The summed E-state index contributed by atoms with van der Waals surface area (Å²) in [5, 5.41) is 0. The molecule has 0 aromatic rings. The van der Waals surface area contributed by atoms with E-state index in [0.717, 1.165) is 25.5 Å². The van der Waals surface area contributed by atoms with Crippen molar-refractivity contribution in [3.05, 3.63) is 0 Å². The SMILES string of the molecule is CC1(C)CC(C)(C)CC(C)(NOS(C)(=O)=O)C1. The first-order chi connectivity index (χ1) is 7.33. The molecule has 1 N–H and O–H groups in total. The molecule has 0 aromatic carbocycles. The van der Waals surface area contributed by atoms with Gasteiger partial charge in [0.25, 0.3) is 10.1 Å². The third-order valence-electron chi connectivity index (χ3n) is 3.13. The van der Waals surface area contributed by atoms with Crippen LogP contribution in [-0.4, -0.2) is 20.2 Å². The minimum absolute atomic E-state index is 0.185. The van der Waals surface area contributed by atoms with Crippen molar-refractivity contribution in [3.63, 3.8) is 0 Å². The Hall–Kier alpha value is -0.130. The Bertz CT molecular complexity index is 369. The van der Waals surface area contributed by atoms with E-state index >= 15 is 0 Å². The van der Waals surface area contributed by atoms with Crippen LogP contribution in [0.3, 0.4) is 0 Å². The summed E-state index contributed by atoms with van der Waals surface area (Å²) >= 11 is 0. The Morgan fingerprint density at radius 3 is 1.71 bits per heavy atom. The highest BCUT2D eigenvalue weighted by molar-refractivity contribution is 7.85. The molecule has 4 nitrogen and oxygen atoms in total. The molecule has 0 heterocycles. The molecular formula is C12H25NO3S. The van der Waals surface area contributed by atoms with Gasteiger partial charge in [-0.2, -0.15) is 18.2 Å². The molecule has 0 unspecified atom stereocenters. The zero-order valence-electron chi connectivity index (χ0n) is 11.8. The van der Waals surface area contributed by atoms with Crippen molar-refractivity contribution in [2.75, 3.05) is 6.26 Å². The second kappa shape index (κ2) is 4.21. The maximum absolute atomic E-state index is 11.1. The minimum Gasteiger partial charge on any atom is -0.198 e. The molecular weight excluding hydrogens is 238 g/mol. The number of nitrogens with one attached hydrogen (secondary N) is 1. The summed E-state index contributed by atoms with van der Waals surface area (Å²) in [4.78, 5) is 0. The van der Waals surface area contributed by atoms with Gasteiger partial charge in [-0.05, 0) is 37.0 Å². The first kappa shape index (κ1) is 14.9. The van der Waals surface area contributed by atoms with Gasteiger partial charge < -0.3 is 0 Å². The number of hydrogen-bond donors (Lipinski definition) is 1. The Labute approximate surface area is 105 Å². The largest absolute Gasteiger partial charge is 0.280 e. The van der Waals surface area contributed by atoms with Gasteiger partial charge in [0.1, 0.15) is 0 Å². The van der Waals surface area contributed by atoms with Crippen molar-refractivity contribution in [3.8, 4) is 0 Å². The van der Waals surface area contributed by atoms with E-state index in [4.69, 9.17) is 4.28 Å². The molecule has 1 aliphatic carbocycles. The topological polar surface area (TPSA) is 55.4 Å². The van der Waals surface area contributed by atoms with E-state index in [9.17, 15) is 8.42 Å². The maximum atomic E-state index is 11.1. The summed E-state index contributed by atoms with van der Waals surface area (Å²) < 4.78 is 26.9. The minimum atomic E-state index is -3.45. The van der Waals surface area contributed by atoms with Gasteiger partial charge in [-0.3, -0.25) is 0 Å². The second-order valence-corrected chi connectivity index (χ2v) is 8.88. The van der Waals surface area contributed by atoms with Crippen LogP contribution < -0.4 is 5.48 Å². The molecule has 0 spiro atoms. The van der Waals surface area contributed by atoms with E-state index < -0.39 is 10.1 Å². The van der Waals surface area contributed by atoms with Gasteiger partial charge in [0, 0.05) is 5.54 Å². The van der Waals surface area contributed by atoms with Crippen molar-refractivity contribution in [2.24, 2.45) is 10.8 Å². The lowest BCUT2D eigenvalue weighted by molar-refractivity contribution is -0.0182. The molecule has 1 saturated carbocycles. The highest BCUT2D eigenvalue weighted by atomic mass is 32.2. The zero-order valence-corrected chi connectivity index (χ0v) is 12.6. The monoisotopic (exact) mass is 263 g/mol. The molecule has 0 radical (unpaired) electrons. The van der Waals surface area contributed by atoms with Gasteiger partial charge in [-0.1, -0.05) is 27.7 Å². The van der Waals surface area contributed by atoms with Crippen LogP contribution in [0.2, 0.25) is 0 Å². The summed E-state index contributed by atoms with van der Waals surface area (Å²) in [6.07, 6.45) is 4.00. The first-order valence-electron chi connectivity index (χ1n) is 5.98. The Morgan fingerprint density at radius 1 is 0.941 bits per heavy atom. The predicted molar refractivity (Wildman–Crippen MR) is 68.9 cm³/mol. The maximum Gasteiger partial charge on any atom is 0.280 e. The van der Waals surface area contributed by atoms with Crippen LogP contribution in [-0.2, 0) is 14.4 Å². The van der Waals surface area contributed by atoms with E-state index in [0.29, 0.717) is 0 Å². The molecule has 0 aliphatic heterocycles. The standard InChI is InChI=1S/C12H25NO3S/c1-10(2)7-11(3,4)9-12(5,8-10)13-16-17(6,14)15/h13H,7-9H2,1-6H3. The smallest absolute Gasteiger partial charge is 0.198 e. The number of hydrogen-bond acceptors (Lipinski definition) is 4.